The number of carbonyl (C=O) groups excluding carboxylic acids is 1. The summed E-state index contributed by atoms with van der Waals surface area (Å²) in [6.45, 7) is 1.95. The Kier molecular flexibility index (Phi) is 4.45. The zero-order chi connectivity index (χ0) is 18.0. The Bertz CT molecular complexity index is 869. The molecule has 1 aliphatic heterocycles. The molecule has 26 heavy (non-hydrogen) atoms. The zero-order valence-electron chi connectivity index (χ0n) is 14.6. The van der Waals surface area contributed by atoms with Crippen molar-refractivity contribution in [1.29, 1.82) is 0 Å². The summed E-state index contributed by atoms with van der Waals surface area (Å²) >= 11 is 0. The maximum atomic E-state index is 12.0. The smallest absolute Gasteiger partial charge is 0.404 e. The van der Waals surface area contributed by atoms with Gasteiger partial charge in [0.2, 0.25) is 0 Å². The summed E-state index contributed by atoms with van der Waals surface area (Å²) in [5.41, 5.74) is 2.78. The van der Waals surface area contributed by atoms with Crippen molar-refractivity contribution in [3.05, 3.63) is 102 Å². The molecule has 0 aromatic heterocycles. The third-order valence-electron chi connectivity index (χ3n) is 4.82. The first-order valence-electron chi connectivity index (χ1n) is 8.71. The van der Waals surface area contributed by atoms with E-state index in [2.05, 4.69) is 24.3 Å². The molecule has 1 heterocycles. The SMILES string of the molecule is CC(=O)c1ccccc1B1OCC(c2ccccc2)(c2ccccc2)O1. The number of benzene rings is 3. The molecule has 0 amide bonds. The molecule has 1 fully saturated rings. The number of carbonyl (C=O) groups is 1. The molecule has 4 rings (SSSR count). The topological polar surface area (TPSA) is 35.5 Å². The molecule has 0 spiro atoms. The molecule has 0 atom stereocenters. The number of hydrogen-bond acceptors (Lipinski definition) is 3. The van der Waals surface area contributed by atoms with Crippen LogP contribution in [0.25, 0.3) is 0 Å². The van der Waals surface area contributed by atoms with Crippen molar-refractivity contribution >= 4 is 18.4 Å². The van der Waals surface area contributed by atoms with Crippen LogP contribution in [-0.4, -0.2) is 19.5 Å². The van der Waals surface area contributed by atoms with Crippen LogP contribution in [0.2, 0.25) is 0 Å². The maximum absolute atomic E-state index is 12.0. The molecule has 3 nitrogen and oxygen atoms in total. The number of hydrogen-bond donors (Lipinski definition) is 0. The van der Waals surface area contributed by atoms with E-state index in [1.54, 1.807) is 6.92 Å². The van der Waals surface area contributed by atoms with Crippen molar-refractivity contribution in [2.45, 2.75) is 12.5 Å². The van der Waals surface area contributed by atoms with Gasteiger partial charge < -0.3 is 9.31 Å². The van der Waals surface area contributed by atoms with E-state index in [1.165, 1.54) is 0 Å². The summed E-state index contributed by atoms with van der Waals surface area (Å²) in [4.78, 5) is 12.0. The Morgan fingerprint density at radius 1 is 0.846 bits per heavy atom. The van der Waals surface area contributed by atoms with Crippen molar-refractivity contribution in [2.75, 3.05) is 6.61 Å². The lowest BCUT2D eigenvalue weighted by Gasteiger charge is -2.29. The monoisotopic (exact) mass is 342 g/mol. The quantitative estimate of drug-likeness (QED) is 0.537. The van der Waals surface area contributed by atoms with Gasteiger partial charge in [-0.05, 0) is 23.5 Å². The van der Waals surface area contributed by atoms with Gasteiger partial charge in [-0.3, -0.25) is 4.79 Å². The summed E-state index contributed by atoms with van der Waals surface area (Å²) in [5.74, 6) is 0.00437. The highest BCUT2D eigenvalue weighted by Gasteiger charge is 2.47. The molecule has 0 radical (unpaired) electrons. The fraction of sp³-hybridized carbons (Fsp3) is 0.136. The third-order valence-corrected chi connectivity index (χ3v) is 4.82. The second-order valence-electron chi connectivity index (χ2n) is 6.46. The van der Waals surface area contributed by atoms with Crippen molar-refractivity contribution in [3.63, 3.8) is 0 Å². The fourth-order valence-corrected chi connectivity index (χ4v) is 3.50. The lowest BCUT2D eigenvalue weighted by molar-refractivity contribution is 0.101. The lowest BCUT2D eigenvalue weighted by atomic mass is 9.75. The van der Waals surface area contributed by atoms with Crippen molar-refractivity contribution in [3.8, 4) is 0 Å². The van der Waals surface area contributed by atoms with Gasteiger partial charge in [-0.15, -0.1) is 0 Å². The minimum atomic E-state index is -0.697. The average molecular weight is 342 g/mol. The zero-order valence-corrected chi connectivity index (χ0v) is 14.6. The molecule has 1 saturated heterocycles. The average Bonchev–Trinajstić information content (AvgIpc) is 3.16. The molecular weight excluding hydrogens is 323 g/mol. The van der Waals surface area contributed by atoms with E-state index in [-0.39, 0.29) is 5.78 Å². The second-order valence-corrected chi connectivity index (χ2v) is 6.46. The molecule has 3 aromatic carbocycles. The van der Waals surface area contributed by atoms with Crippen LogP contribution >= 0.6 is 0 Å². The third kappa shape index (κ3) is 2.87. The van der Waals surface area contributed by atoms with Crippen LogP contribution in [-0.2, 0) is 14.9 Å². The van der Waals surface area contributed by atoms with Gasteiger partial charge in [-0.2, -0.15) is 0 Å². The number of ketones is 1. The fourth-order valence-electron chi connectivity index (χ4n) is 3.50. The first-order valence-corrected chi connectivity index (χ1v) is 8.71. The Morgan fingerprint density at radius 2 is 1.38 bits per heavy atom. The van der Waals surface area contributed by atoms with E-state index < -0.39 is 12.7 Å². The van der Waals surface area contributed by atoms with Gasteiger partial charge in [0.25, 0.3) is 0 Å². The summed E-state index contributed by atoms with van der Waals surface area (Å²) in [6, 6.07) is 27.7. The lowest BCUT2D eigenvalue weighted by Crippen LogP contribution is -2.39. The minimum Gasteiger partial charge on any atom is -0.404 e. The van der Waals surface area contributed by atoms with E-state index in [0.717, 1.165) is 16.6 Å². The molecule has 128 valence electrons. The summed E-state index contributed by atoms with van der Waals surface area (Å²) in [5, 5.41) is 0. The van der Waals surface area contributed by atoms with Crippen LogP contribution in [0.5, 0.6) is 0 Å². The highest BCUT2D eigenvalue weighted by atomic mass is 16.7. The standard InChI is InChI=1S/C22H19BO3/c1-17(24)20-14-8-9-15-21(20)23-25-16-22(26-23,18-10-4-2-5-11-18)19-12-6-3-7-13-19/h2-15H,16H2,1H3. The van der Waals surface area contributed by atoms with Crippen molar-refractivity contribution < 1.29 is 14.1 Å². The van der Waals surface area contributed by atoms with Gasteiger partial charge >= 0.3 is 7.12 Å². The second kappa shape index (κ2) is 6.91. The van der Waals surface area contributed by atoms with Gasteiger partial charge in [0.15, 0.2) is 5.78 Å². The number of Topliss-reactive ketones (excluding diaryl/α,β-unsaturated/α-hetero) is 1. The van der Waals surface area contributed by atoms with Gasteiger partial charge in [0.05, 0.1) is 6.61 Å². The van der Waals surface area contributed by atoms with Gasteiger partial charge in [0, 0.05) is 5.56 Å². The Hall–Kier alpha value is -2.69. The maximum Gasteiger partial charge on any atom is 0.495 e. The first-order chi connectivity index (χ1) is 12.7. The van der Waals surface area contributed by atoms with Gasteiger partial charge in [-0.1, -0.05) is 84.9 Å². The van der Waals surface area contributed by atoms with Crippen LogP contribution in [0.15, 0.2) is 84.9 Å². The summed E-state index contributed by atoms with van der Waals surface area (Å²) < 4.78 is 12.6. The van der Waals surface area contributed by atoms with Crippen molar-refractivity contribution in [1.82, 2.24) is 0 Å². The molecular formula is C22H19BO3. The van der Waals surface area contributed by atoms with Crippen LogP contribution in [0, 0.1) is 0 Å². The van der Waals surface area contributed by atoms with Crippen LogP contribution in [0.3, 0.4) is 0 Å². The van der Waals surface area contributed by atoms with E-state index in [0.29, 0.717) is 12.2 Å². The summed E-state index contributed by atoms with van der Waals surface area (Å²) in [7, 11) is -0.587. The Morgan fingerprint density at radius 3 is 1.96 bits per heavy atom. The van der Waals surface area contributed by atoms with E-state index >= 15 is 0 Å². The largest absolute Gasteiger partial charge is 0.495 e. The molecule has 1 aliphatic rings. The Balaban J connectivity index is 1.79. The number of rotatable bonds is 4. The van der Waals surface area contributed by atoms with E-state index in [9.17, 15) is 4.79 Å². The summed E-state index contributed by atoms with van der Waals surface area (Å²) in [6.07, 6.45) is 0. The molecule has 0 aliphatic carbocycles. The van der Waals surface area contributed by atoms with Crippen LogP contribution in [0.1, 0.15) is 28.4 Å². The predicted molar refractivity (Wildman–Crippen MR) is 103 cm³/mol. The molecule has 3 aromatic rings. The molecule has 0 unspecified atom stereocenters. The molecule has 0 bridgehead atoms. The van der Waals surface area contributed by atoms with Crippen LogP contribution in [0.4, 0.5) is 0 Å². The molecule has 0 saturated carbocycles. The normalized spacial score (nSPS) is 15.8. The van der Waals surface area contributed by atoms with Crippen molar-refractivity contribution in [2.24, 2.45) is 0 Å². The highest BCUT2D eigenvalue weighted by Crippen LogP contribution is 2.38. The van der Waals surface area contributed by atoms with E-state index in [1.807, 2.05) is 60.7 Å². The van der Waals surface area contributed by atoms with Gasteiger partial charge in [-0.25, -0.2) is 0 Å². The molecule has 0 N–H and O–H groups in total. The highest BCUT2D eigenvalue weighted by molar-refractivity contribution is 6.63. The minimum absolute atomic E-state index is 0.00437. The van der Waals surface area contributed by atoms with Crippen LogP contribution < -0.4 is 5.46 Å². The van der Waals surface area contributed by atoms with Gasteiger partial charge in [0.1, 0.15) is 5.60 Å². The molecule has 4 heteroatoms. The Labute approximate surface area is 153 Å². The first kappa shape index (κ1) is 16.8. The van der Waals surface area contributed by atoms with E-state index in [4.69, 9.17) is 9.31 Å². The predicted octanol–water partition coefficient (Wildman–Crippen LogP) is 3.58.